The Morgan fingerprint density at radius 2 is 1.74 bits per heavy atom. The molecule has 2 atom stereocenters. The molecular weight excluding hydrogens is 244 g/mol. The van der Waals surface area contributed by atoms with E-state index in [0.717, 1.165) is 0 Å². The second-order valence-electron chi connectivity index (χ2n) is 5.53. The van der Waals surface area contributed by atoms with Crippen LogP contribution < -0.4 is 11.1 Å². The third-order valence-corrected chi connectivity index (χ3v) is 2.88. The van der Waals surface area contributed by atoms with Gasteiger partial charge in [-0.3, -0.25) is 4.79 Å². The molecule has 1 unspecified atom stereocenters. The molecule has 0 aliphatic heterocycles. The van der Waals surface area contributed by atoms with Crippen molar-refractivity contribution in [2.45, 2.75) is 32.9 Å². The van der Waals surface area contributed by atoms with Crippen molar-refractivity contribution in [3.63, 3.8) is 0 Å². The first-order valence-corrected chi connectivity index (χ1v) is 6.07. The number of nitrogens with two attached hydrogens (primary N) is 1. The zero-order valence-electron chi connectivity index (χ0n) is 11.4. The van der Waals surface area contributed by atoms with E-state index in [9.17, 15) is 14.7 Å². The summed E-state index contributed by atoms with van der Waals surface area (Å²) in [5.74, 6) is -1.58. The number of rotatable bonds is 4. The van der Waals surface area contributed by atoms with Crippen molar-refractivity contribution in [3.8, 4) is 0 Å². The molecule has 0 radical (unpaired) electrons. The molecule has 0 heterocycles. The van der Waals surface area contributed by atoms with E-state index in [1.54, 1.807) is 30.3 Å². The summed E-state index contributed by atoms with van der Waals surface area (Å²) in [5.41, 5.74) is 5.91. The molecule has 0 saturated carbocycles. The molecule has 19 heavy (non-hydrogen) atoms. The average Bonchev–Trinajstić information content (AvgIpc) is 2.34. The SMILES string of the molecule is CC(C)(C)C(N)C(=O)N[C@H](C(=O)O)c1ccccc1. The number of nitrogens with one attached hydrogen (secondary N) is 1. The molecule has 4 N–H and O–H groups in total. The first-order valence-electron chi connectivity index (χ1n) is 6.07. The highest BCUT2D eigenvalue weighted by Crippen LogP contribution is 2.19. The lowest BCUT2D eigenvalue weighted by molar-refractivity contribution is -0.142. The monoisotopic (exact) mass is 264 g/mol. The quantitative estimate of drug-likeness (QED) is 0.764. The number of benzene rings is 1. The number of carbonyl (C=O) groups excluding carboxylic acids is 1. The molecule has 1 rings (SSSR count). The van der Waals surface area contributed by atoms with E-state index in [-0.39, 0.29) is 0 Å². The van der Waals surface area contributed by atoms with E-state index >= 15 is 0 Å². The Morgan fingerprint density at radius 1 is 1.21 bits per heavy atom. The van der Waals surface area contributed by atoms with Crippen LogP contribution >= 0.6 is 0 Å². The predicted molar refractivity (Wildman–Crippen MR) is 72.4 cm³/mol. The number of carboxylic acids is 1. The van der Waals surface area contributed by atoms with Crippen molar-refractivity contribution in [1.82, 2.24) is 5.32 Å². The molecule has 1 aromatic rings. The van der Waals surface area contributed by atoms with Crippen LogP contribution in [0, 0.1) is 5.41 Å². The van der Waals surface area contributed by atoms with E-state index in [2.05, 4.69) is 5.32 Å². The summed E-state index contributed by atoms with van der Waals surface area (Å²) in [6.07, 6.45) is 0. The summed E-state index contributed by atoms with van der Waals surface area (Å²) in [7, 11) is 0. The molecule has 0 aliphatic carbocycles. The summed E-state index contributed by atoms with van der Waals surface area (Å²) in [4.78, 5) is 23.2. The lowest BCUT2D eigenvalue weighted by atomic mass is 9.86. The fraction of sp³-hybridized carbons (Fsp3) is 0.429. The van der Waals surface area contributed by atoms with E-state index in [0.29, 0.717) is 5.56 Å². The van der Waals surface area contributed by atoms with Crippen LogP contribution in [0.25, 0.3) is 0 Å². The number of aliphatic carboxylic acids is 1. The Balaban J connectivity index is 2.87. The fourth-order valence-electron chi connectivity index (χ4n) is 1.56. The van der Waals surface area contributed by atoms with Crippen molar-refractivity contribution in [1.29, 1.82) is 0 Å². The van der Waals surface area contributed by atoms with Gasteiger partial charge >= 0.3 is 5.97 Å². The first-order chi connectivity index (χ1) is 8.73. The Labute approximate surface area is 112 Å². The van der Waals surface area contributed by atoms with Crippen molar-refractivity contribution < 1.29 is 14.7 Å². The number of carboxylic acid groups (broad SMARTS) is 1. The smallest absolute Gasteiger partial charge is 0.330 e. The van der Waals surface area contributed by atoms with Crippen molar-refractivity contribution in [3.05, 3.63) is 35.9 Å². The Morgan fingerprint density at radius 3 is 2.16 bits per heavy atom. The first kappa shape index (κ1) is 15.2. The van der Waals surface area contributed by atoms with Crippen LogP contribution in [0.5, 0.6) is 0 Å². The molecule has 1 amide bonds. The van der Waals surface area contributed by atoms with Crippen LogP contribution in [0.15, 0.2) is 30.3 Å². The highest BCUT2D eigenvalue weighted by atomic mass is 16.4. The molecule has 0 aromatic heterocycles. The van der Waals surface area contributed by atoms with Gasteiger partial charge in [0.15, 0.2) is 6.04 Å². The minimum absolute atomic E-state index is 0.427. The van der Waals surface area contributed by atoms with Gasteiger partial charge in [0.25, 0.3) is 0 Å². The normalized spacial score (nSPS) is 14.5. The van der Waals surface area contributed by atoms with Gasteiger partial charge in [-0.25, -0.2) is 4.79 Å². The molecular formula is C14H20N2O3. The lowest BCUT2D eigenvalue weighted by Gasteiger charge is -2.27. The van der Waals surface area contributed by atoms with Crippen LogP contribution in [0.1, 0.15) is 32.4 Å². The summed E-state index contributed by atoms with van der Waals surface area (Å²) >= 11 is 0. The lowest BCUT2D eigenvalue weighted by Crippen LogP contribution is -2.50. The van der Waals surface area contributed by atoms with E-state index in [1.807, 2.05) is 20.8 Å². The number of carbonyl (C=O) groups is 2. The van der Waals surface area contributed by atoms with Gasteiger partial charge in [-0.05, 0) is 11.0 Å². The average molecular weight is 264 g/mol. The zero-order chi connectivity index (χ0) is 14.6. The van der Waals surface area contributed by atoms with Crippen LogP contribution in [0.3, 0.4) is 0 Å². The highest BCUT2D eigenvalue weighted by Gasteiger charge is 2.31. The van der Waals surface area contributed by atoms with Crippen molar-refractivity contribution in [2.24, 2.45) is 11.1 Å². The Kier molecular flexibility index (Phi) is 4.67. The van der Waals surface area contributed by atoms with Gasteiger partial charge in [0.05, 0.1) is 6.04 Å². The number of hydrogen-bond donors (Lipinski definition) is 3. The maximum absolute atomic E-state index is 12.0. The second kappa shape index (κ2) is 5.84. The molecule has 0 bridgehead atoms. The summed E-state index contributed by atoms with van der Waals surface area (Å²) in [6.45, 7) is 5.49. The number of amides is 1. The second-order valence-corrected chi connectivity index (χ2v) is 5.53. The maximum atomic E-state index is 12.0. The third-order valence-electron chi connectivity index (χ3n) is 2.88. The molecule has 1 aromatic carbocycles. The Bertz CT molecular complexity index is 452. The molecule has 0 aliphatic rings. The zero-order valence-corrected chi connectivity index (χ0v) is 11.4. The van der Waals surface area contributed by atoms with E-state index in [1.165, 1.54) is 0 Å². The summed E-state index contributed by atoms with van der Waals surface area (Å²) < 4.78 is 0. The third kappa shape index (κ3) is 4.06. The highest BCUT2D eigenvalue weighted by molar-refractivity contribution is 5.87. The van der Waals surface area contributed by atoms with Gasteiger partial charge in [0.2, 0.25) is 5.91 Å². The minimum Gasteiger partial charge on any atom is -0.479 e. The van der Waals surface area contributed by atoms with Gasteiger partial charge in [0, 0.05) is 0 Å². The standard InChI is InChI=1S/C14H20N2O3/c1-14(2,3)11(15)12(17)16-10(13(18)19)9-7-5-4-6-8-9/h4-8,10-11H,15H2,1-3H3,(H,16,17)(H,18,19)/t10-,11?/m0/s1. The molecule has 104 valence electrons. The van der Waals surface area contributed by atoms with Gasteiger partial charge in [0.1, 0.15) is 0 Å². The van der Waals surface area contributed by atoms with Crippen molar-refractivity contribution >= 4 is 11.9 Å². The largest absolute Gasteiger partial charge is 0.479 e. The topological polar surface area (TPSA) is 92.4 Å². The van der Waals surface area contributed by atoms with Gasteiger partial charge < -0.3 is 16.2 Å². The summed E-state index contributed by atoms with van der Waals surface area (Å²) in [5, 5.41) is 11.7. The van der Waals surface area contributed by atoms with Crippen LogP contribution in [-0.4, -0.2) is 23.0 Å². The van der Waals surface area contributed by atoms with Crippen LogP contribution in [0.4, 0.5) is 0 Å². The minimum atomic E-state index is -1.11. The van der Waals surface area contributed by atoms with Gasteiger partial charge in [-0.1, -0.05) is 51.1 Å². The van der Waals surface area contributed by atoms with Crippen molar-refractivity contribution in [2.75, 3.05) is 0 Å². The Hall–Kier alpha value is -1.88. The molecule has 0 spiro atoms. The molecule has 5 nitrogen and oxygen atoms in total. The maximum Gasteiger partial charge on any atom is 0.330 e. The molecule has 0 saturated heterocycles. The molecule has 0 fully saturated rings. The number of hydrogen-bond acceptors (Lipinski definition) is 3. The van der Waals surface area contributed by atoms with Crippen LogP contribution in [0.2, 0.25) is 0 Å². The van der Waals surface area contributed by atoms with Crippen LogP contribution in [-0.2, 0) is 9.59 Å². The van der Waals surface area contributed by atoms with Gasteiger partial charge in [-0.15, -0.1) is 0 Å². The predicted octanol–water partition coefficient (Wildman–Crippen LogP) is 1.30. The summed E-state index contributed by atoms with van der Waals surface area (Å²) in [6, 6.07) is 6.69. The van der Waals surface area contributed by atoms with E-state index < -0.39 is 29.4 Å². The van der Waals surface area contributed by atoms with E-state index in [4.69, 9.17) is 5.73 Å². The fourth-order valence-corrected chi connectivity index (χ4v) is 1.56. The van der Waals surface area contributed by atoms with Gasteiger partial charge in [-0.2, -0.15) is 0 Å². The molecule has 5 heteroatoms.